The van der Waals surface area contributed by atoms with Crippen LogP contribution in [0.2, 0.25) is 0 Å². The molecule has 0 unspecified atom stereocenters. The SMILES string of the molecule is COCc1ccc(C=O)c(N=O)c1. The lowest BCUT2D eigenvalue weighted by atomic mass is 10.1. The van der Waals surface area contributed by atoms with Gasteiger partial charge >= 0.3 is 0 Å². The molecule has 0 spiro atoms. The second-order valence-corrected chi connectivity index (χ2v) is 2.54. The number of hydrogen-bond acceptors (Lipinski definition) is 4. The van der Waals surface area contributed by atoms with E-state index in [9.17, 15) is 9.70 Å². The first-order valence-corrected chi connectivity index (χ1v) is 3.72. The number of ether oxygens (including phenoxy) is 1. The molecule has 1 aromatic rings. The van der Waals surface area contributed by atoms with E-state index in [-0.39, 0.29) is 5.69 Å². The zero-order chi connectivity index (χ0) is 9.68. The number of nitroso groups, excluding NO2 is 1. The van der Waals surface area contributed by atoms with Gasteiger partial charge in [0.2, 0.25) is 0 Å². The molecule has 4 nitrogen and oxygen atoms in total. The third kappa shape index (κ3) is 2.19. The Morgan fingerprint density at radius 1 is 1.54 bits per heavy atom. The molecule has 4 heteroatoms. The van der Waals surface area contributed by atoms with Crippen molar-refractivity contribution in [3.63, 3.8) is 0 Å². The van der Waals surface area contributed by atoms with Crippen molar-refractivity contribution in [2.75, 3.05) is 7.11 Å². The van der Waals surface area contributed by atoms with Gasteiger partial charge in [0.15, 0.2) is 6.29 Å². The standard InChI is InChI=1S/C9H9NO3/c1-13-6-7-2-3-8(5-11)9(4-7)10-12/h2-5H,6H2,1H3. The fourth-order valence-electron chi connectivity index (χ4n) is 1.02. The lowest BCUT2D eigenvalue weighted by Crippen LogP contribution is -1.89. The number of benzene rings is 1. The molecule has 0 fully saturated rings. The lowest BCUT2D eigenvalue weighted by molar-refractivity contribution is 0.112. The molecule has 0 saturated carbocycles. The summed E-state index contributed by atoms with van der Waals surface area (Å²) in [5.74, 6) is 0. The Morgan fingerprint density at radius 2 is 2.31 bits per heavy atom. The average Bonchev–Trinajstić information content (AvgIpc) is 2.18. The maximum absolute atomic E-state index is 10.4. The third-order valence-electron chi connectivity index (χ3n) is 1.63. The van der Waals surface area contributed by atoms with Crippen LogP contribution in [0.15, 0.2) is 23.4 Å². The van der Waals surface area contributed by atoms with E-state index in [0.29, 0.717) is 18.5 Å². The van der Waals surface area contributed by atoms with E-state index in [1.807, 2.05) is 0 Å². The van der Waals surface area contributed by atoms with Gasteiger partial charge in [-0.05, 0) is 22.9 Å². The summed E-state index contributed by atoms with van der Waals surface area (Å²) in [4.78, 5) is 20.7. The van der Waals surface area contributed by atoms with Crippen LogP contribution in [0.5, 0.6) is 0 Å². The number of hydrogen-bond donors (Lipinski definition) is 0. The van der Waals surface area contributed by atoms with Crippen LogP contribution in [-0.2, 0) is 11.3 Å². The van der Waals surface area contributed by atoms with Gasteiger partial charge in [0, 0.05) is 12.7 Å². The molecule has 0 N–H and O–H groups in total. The fourth-order valence-corrected chi connectivity index (χ4v) is 1.02. The van der Waals surface area contributed by atoms with Crippen molar-refractivity contribution in [2.45, 2.75) is 6.61 Å². The van der Waals surface area contributed by atoms with E-state index < -0.39 is 0 Å². The minimum absolute atomic E-state index is 0.157. The van der Waals surface area contributed by atoms with Gasteiger partial charge in [-0.15, -0.1) is 4.91 Å². The number of methoxy groups -OCH3 is 1. The van der Waals surface area contributed by atoms with Crippen LogP contribution in [-0.4, -0.2) is 13.4 Å². The minimum atomic E-state index is 0.157. The molecular weight excluding hydrogens is 170 g/mol. The van der Waals surface area contributed by atoms with Crippen molar-refractivity contribution in [1.29, 1.82) is 0 Å². The lowest BCUT2D eigenvalue weighted by Gasteiger charge is -2.00. The summed E-state index contributed by atoms with van der Waals surface area (Å²) in [5.41, 5.74) is 1.28. The van der Waals surface area contributed by atoms with Crippen LogP contribution in [0.4, 0.5) is 5.69 Å². The molecule has 0 amide bonds. The molecule has 13 heavy (non-hydrogen) atoms. The van der Waals surface area contributed by atoms with Crippen molar-refractivity contribution in [1.82, 2.24) is 0 Å². The number of aldehydes is 1. The van der Waals surface area contributed by atoms with Crippen LogP contribution in [0.3, 0.4) is 0 Å². The Hall–Kier alpha value is -1.55. The molecule has 0 aromatic heterocycles. The van der Waals surface area contributed by atoms with Crippen LogP contribution in [0, 0.1) is 4.91 Å². The summed E-state index contributed by atoms with van der Waals surface area (Å²) in [6.45, 7) is 0.404. The Morgan fingerprint density at radius 3 is 2.85 bits per heavy atom. The summed E-state index contributed by atoms with van der Waals surface area (Å²) in [6.07, 6.45) is 0.604. The first kappa shape index (κ1) is 9.54. The average molecular weight is 179 g/mol. The maximum atomic E-state index is 10.4. The number of carbonyl (C=O) groups is 1. The van der Waals surface area contributed by atoms with Gasteiger partial charge < -0.3 is 4.74 Å². The van der Waals surface area contributed by atoms with Crippen molar-refractivity contribution < 1.29 is 9.53 Å². The highest BCUT2D eigenvalue weighted by Gasteiger charge is 2.02. The van der Waals surface area contributed by atoms with Crippen LogP contribution in [0.1, 0.15) is 15.9 Å². The van der Waals surface area contributed by atoms with Gasteiger partial charge in [-0.2, -0.15) is 0 Å². The zero-order valence-electron chi connectivity index (χ0n) is 7.19. The molecule has 0 aliphatic carbocycles. The number of nitrogens with zero attached hydrogens (tertiary/aromatic N) is 1. The van der Waals surface area contributed by atoms with E-state index in [0.717, 1.165) is 5.56 Å². The van der Waals surface area contributed by atoms with E-state index in [1.54, 1.807) is 25.3 Å². The van der Waals surface area contributed by atoms with Crippen molar-refractivity contribution in [3.8, 4) is 0 Å². The highest BCUT2D eigenvalue weighted by atomic mass is 16.5. The quantitative estimate of drug-likeness (QED) is 0.525. The molecule has 0 radical (unpaired) electrons. The summed E-state index contributed by atoms with van der Waals surface area (Å²) >= 11 is 0. The second kappa shape index (κ2) is 4.47. The topological polar surface area (TPSA) is 55.7 Å². The van der Waals surface area contributed by atoms with Gasteiger partial charge in [0.25, 0.3) is 0 Å². The summed E-state index contributed by atoms with van der Waals surface area (Å²) in [6, 6.07) is 4.82. The molecule has 0 saturated heterocycles. The van der Waals surface area contributed by atoms with Gasteiger partial charge in [-0.1, -0.05) is 6.07 Å². The monoisotopic (exact) mass is 179 g/mol. The van der Waals surface area contributed by atoms with Crippen LogP contribution < -0.4 is 0 Å². The predicted molar refractivity (Wildman–Crippen MR) is 48.0 cm³/mol. The summed E-state index contributed by atoms with van der Waals surface area (Å²) in [7, 11) is 1.56. The Kier molecular flexibility index (Phi) is 3.28. The van der Waals surface area contributed by atoms with Gasteiger partial charge in [0.1, 0.15) is 5.69 Å². The molecule has 1 rings (SSSR count). The van der Waals surface area contributed by atoms with E-state index in [4.69, 9.17) is 4.74 Å². The summed E-state index contributed by atoms with van der Waals surface area (Å²) < 4.78 is 4.87. The molecular formula is C9H9NO3. The largest absolute Gasteiger partial charge is 0.380 e. The highest BCUT2D eigenvalue weighted by molar-refractivity contribution is 5.82. The van der Waals surface area contributed by atoms with E-state index in [1.165, 1.54) is 0 Å². The maximum Gasteiger partial charge on any atom is 0.152 e. The molecule has 0 aliphatic rings. The van der Waals surface area contributed by atoms with Crippen LogP contribution >= 0.6 is 0 Å². The first-order chi connectivity index (χ1) is 6.31. The van der Waals surface area contributed by atoms with Crippen LogP contribution in [0.25, 0.3) is 0 Å². The first-order valence-electron chi connectivity index (χ1n) is 3.72. The van der Waals surface area contributed by atoms with Gasteiger partial charge in [-0.25, -0.2) is 0 Å². The number of carbonyl (C=O) groups excluding carboxylic acids is 1. The number of rotatable bonds is 4. The van der Waals surface area contributed by atoms with E-state index in [2.05, 4.69) is 5.18 Å². The smallest absolute Gasteiger partial charge is 0.152 e. The van der Waals surface area contributed by atoms with Gasteiger partial charge in [-0.3, -0.25) is 4.79 Å². The van der Waals surface area contributed by atoms with Gasteiger partial charge in [0.05, 0.1) is 6.61 Å². The Bertz CT molecular complexity index is 323. The molecule has 0 heterocycles. The third-order valence-corrected chi connectivity index (χ3v) is 1.63. The molecule has 0 atom stereocenters. The molecule has 1 aromatic carbocycles. The Balaban J connectivity index is 3.05. The van der Waals surface area contributed by atoms with Crippen molar-refractivity contribution in [2.24, 2.45) is 5.18 Å². The molecule has 0 bridgehead atoms. The van der Waals surface area contributed by atoms with Crippen molar-refractivity contribution >= 4 is 12.0 Å². The molecule has 0 aliphatic heterocycles. The molecule has 68 valence electrons. The minimum Gasteiger partial charge on any atom is -0.380 e. The normalized spacial score (nSPS) is 9.62. The highest BCUT2D eigenvalue weighted by Crippen LogP contribution is 2.19. The second-order valence-electron chi connectivity index (χ2n) is 2.54. The predicted octanol–water partition coefficient (Wildman–Crippen LogP) is 2.04. The fraction of sp³-hybridized carbons (Fsp3) is 0.222. The summed E-state index contributed by atoms with van der Waals surface area (Å²) in [5, 5.41) is 2.75. The van der Waals surface area contributed by atoms with E-state index >= 15 is 0 Å². The van der Waals surface area contributed by atoms with Crippen molar-refractivity contribution in [3.05, 3.63) is 34.2 Å². The Labute approximate surface area is 75.5 Å². The zero-order valence-corrected chi connectivity index (χ0v) is 7.19.